The summed E-state index contributed by atoms with van der Waals surface area (Å²) in [5.41, 5.74) is 0.0442. The molecular formula is C17H16ClN3O5. The van der Waals surface area contributed by atoms with E-state index in [1.807, 2.05) is 0 Å². The highest BCUT2D eigenvalue weighted by molar-refractivity contribution is 6.30. The molecule has 0 aliphatic rings. The minimum Gasteiger partial charge on any atom is -0.469 e. The van der Waals surface area contributed by atoms with Crippen LogP contribution in [0.2, 0.25) is 5.02 Å². The van der Waals surface area contributed by atoms with E-state index < -0.39 is 23.0 Å². The van der Waals surface area contributed by atoms with Gasteiger partial charge in [0.2, 0.25) is 6.10 Å². The number of carbonyl (C=O) groups is 2. The molecule has 0 bridgehead atoms. The fourth-order valence-electron chi connectivity index (χ4n) is 2.14. The molecule has 0 saturated heterocycles. The zero-order valence-electron chi connectivity index (χ0n) is 13.8. The SMILES string of the molecule is CCNC(=O)NC(=O)[C@H](Oc1ccc(Cl)cc1[N+](=O)[O-])c1ccccc1. The lowest BCUT2D eigenvalue weighted by Gasteiger charge is -2.18. The van der Waals surface area contributed by atoms with Crippen LogP contribution in [0, 0.1) is 10.1 Å². The molecule has 0 aromatic heterocycles. The molecule has 0 spiro atoms. The Morgan fingerprint density at radius 1 is 1.23 bits per heavy atom. The van der Waals surface area contributed by atoms with Crippen molar-refractivity contribution in [3.05, 3.63) is 69.2 Å². The zero-order chi connectivity index (χ0) is 19.1. The van der Waals surface area contributed by atoms with Gasteiger partial charge in [0.15, 0.2) is 5.75 Å². The first-order chi connectivity index (χ1) is 12.4. The van der Waals surface area contributed by atoms with Gasteiger partial charge >= 0.3 is 11.7 Å². The van der Waals surface area contributed by atoms with Crippen molar-refractivity contribution in [2.24, 2.45) is 0 Å². The Kier molecular flexibility index (Phi) is 6.51. The first-order valence-electron chi connectivity index (χ1n) is 7.66. The van der Waals surface area contributed by atoms with Gasteiger partial charge in [-0.15, -0.1) is 0 Å². The molecule has 2 N–H and O–H groups in total. The molecule has 0 fully saturated rings. The highest BCUT2D eigenvalue weighted by Gasteiger charge is 2.27. The van der Waals surface area contributed by atoms with Crippen LogP contribution in [-0.4, -0.2) is 23.4 Å². The van der Waals surface area contributed by atoms with Crippen molar-refractivity contribution in [1.82, 2.24) is 10.6 Å². The molecule has 26 heavy (non-hydrogen) atoms. The van der Waals surface area contributed by atoms with Gasteiger partial charge in [-0.2, -0.15) is 0 Å². The van der Waals surface area contributed by atoms with E-state index >= 15 is 0 Å². The predicted molar refractivity (Wildman–Crippen MR) is 95.1 cm³/mol. The van der Waals surface area contributed by atoms with Crippen molar-refractivity contribution in [3.63, 3.8) is 0 Å². The lowest BCUT2D eigenvalue weighted by atomic mass is 10.1. The topological polar surface area (TPSA) is 111 Å². The molecule has 0 aliphatic heterocycles. The molecule has 2 aromatic rings. The Labute approximate surface area is 154 Å². The van der Waals surface area contributed by atoms with Crippen LogP contribution in [0.3, 0.4) is 0 Å². The Hall–Kier alpha value is -3.13. The molecule has 2 rings (SSSR count). The third-order valence-corrected chi connectivity index (χ3v) is 3.51. The van der Waals surface area contributed by atoms with E-state index in [4.69, 9.17) is 16.3 Å². The van der Waals surface area contributed by atoms with Gasteiger partial charge in [-0.3, -0.25) is 20.2 Å². The number of nitrogens with zero attached hydrogens (tertiary/aromatic N) is 1. The van der Waals surface area contributed by atoms with Crippen LogP contribution in [0.4, 0.5) is 10.5 Å². The normalized spacial score (nSPS) is 11.3. The molecule has 2 aromatic carbocycles. The fourth-order valence-corrected chi connectivity index (χ4v) is 2.31. The second kappa shape index (κ2) is 8.82. The quantitative estimate of drug-likeness (QED) is 0.593. The van der Waals surface area contributed by atoms with Gasteiger partial charge in [0.05, 0.1) is 4.92 Å². The van der Waals surface area contributed by atoms with E-state index in [-0.39, 0.29) is 16.5 Å². The summed E-state index contributed by atoms with van der Waals surface area (Å²) in [6, 6.07) is 11.5. The van der Waals surface area contributed by atoms with E-state index in [1.54, 1.807) is 37.3 Å². The fraction of sp³-hybridized carbons (Fsp3) is 0.176. The van der Waals surface area contributed by atoms with Crippen molar-refractivity contribution in [3.8, 4) is 5.75 Å². The summed E-state index contributed by atoms with van der Waals surface area (Å²) in [4.78, 5) is 34.7. The lowest BCUT2D eigenvalue weighted by Crippen LogP contribution is -2.42. The number of benzene rings is 2. The van der Waals surface area contributed by atoms with Crippen molar-refractivity contribution in [2.45, 2.75) is 13.0 Å². The number of nitro benzene ring substituents is 1. The summed E-state index contributed by atoms with van der Waals surface area (Å²) < 4.78 is 5.60. The lowest BCUT2D eigenvalue weighted by molar-refractivity contribution is -0.386. The number of nitro groups is 1. The van der Waals surface area contributed by atoms with Crippen LogP contribution in [0.15, 0.2) is 48.5 Å². The highest BCUT2D eigenvalue weighted by Crippen LogP contribution is 2.33. The molecule has 0 unspecified atom stereocenters. The Morgan fingerprint density at radius 2 is 1.92 bits per heavy atom. The average Bonchev–Trinajstić information content (AvgIpc) is 2.61. The number of rotatable bonds is 6. The number of amides is 3. The Morgan fingerprint density at radius 3 is 2.54 bits per heavy atom. The third-order valence-electron chi connectivity index (χ3n) is 3.28. The smallest absolute Gasteiger partial charge is 0.321 e. The summed E-state index contributed by atoms with van der Waals surface area (Å²) >= 11 is 5.79. The van der Waals surface area contributed by atoms with Crippen molar-refractivity contribution < 1.29 is 19.2 Å². The van der Waals surface area contributed by atoms with E-state index in [1.165, 1.54) is 12.1 Å². The largest absolute Gasteiger partial charge is 0.469 e. The number of nitrogens with one attached hydrogen (secondary N) is 2. The maximum Gasteiger partial charge on any atom is 0.321 e. The van der Waals surface area contributed by atoms with Crippen LogP contribution >= 0.6 is 11.6 Å². The van der Waals surface area contributed by atoms with Crippen molar-refractivity contribution in [2.75, 3.05) is 6.54 Å². The Bertz CT molecular complexity index is 813. The van der Waals surface area contributed by atoms with Gasteiger partial charge in [0.25, 0.3) is 5.91 Å². The molecule has 3 amide bonds. The van der Waals surface area contributed by atoms with Crippen LogP contribution in [0.5, 0.6) is 5.75 Å². The van der Waals surface area contributed by atoms with Crippen molar-refractivity contribution >= 4 is 29.2 Å². The second-order valence-electron chi connectivity index (χ2n) is 5.13. The Balaban J connectivity index is 2.35. The minimum absolute atomic E-state index is 0.140. The van der Waals surface area contributed by atoms with Crippen LogP contribution in [-0.2, 0) is 4.79 Å². The van der Waals surface area contributed by atoms with Crippen LogP contribution in [0.25, 0.3) is 0 Å². The number of hydrogen-bond acceptors (Lipinski definition) is 5. The van der Waals surface area contributed by atoms with E-state index in [0.29, 0.717) is 12.1 Å². The van der Waals surface area contributed by atoms with E-state index in [9.17, 15) is 19.7 Å². The maximum absolute atomic E-state index is 12.5. The minimum atomic E-state index is -1.27. The number of ether oxygens (including phenoxy) is 1. The van der Waals surface area contributed by atoms with Gasteiger partial charge in [-0.1, -0.05) is 41.9 Å². The third kappa shape index (κ3) is 4.93. The average molecular weight is 378 g/mol. The maximum atomic E-state index is 12.5. The monoisotopic (exact) mass is 377 g/mol. The number of halogens is 1. The molecule has 8 nitrogen and oxygen atoms in total. The first-order valence-corrected chi connectivity index (χ1v) is 8.04. The van der Waals surface area contributed by atoms with E-state index in [0.717, 1.165) is 6.07 Å². The van der Waals surface area contributed by atoms with Gasteiger partial charge in [0.1, 0.15) is 0 Å². The summed E-state index contributed by atoms with van der Waals surface area (Å²) in [6.07, 6.45) is -1.27. The standard InChI is InChI=1S/C17H16ClN3O5/c1-2-19-17(23)20-16(22)15(11-6-4-3-5-7-11)26-14-9-8-12(18)10-13(14)21(24)25/h3-10,15H,2H2,1H3,(H2,19,20,22,23)/t15-/m1/s1. The molecule has 0 saturated carbocycles. The summed E-state index contributed by atoms with van der Waals surface area (Å²) in [5, 5.41) is 16.0. The molecule has 9 heteroatoms. The van der Waals surface area contributed by atoms with Crippen LogP contribution in [0.1, 0.15) is 18.6 Å². The molecule has 0 heterocycles. The molecule has 136 valence electrons. The van der Waals surface area contributed by atoms with Gasteiger partial charge in [-0.25, -0.2) is 4.79 Å². The number of imide groups is 1. The molecule has 0 radical (unpaired) electrons. The molecule has 0 aliphatic carbocycles. The number of carbonyl (C=O) groups excluding carboxylic acids is 2. The summed E-state index contributed by atoms with van der Waals surface area (Å²) in [5.74, 6) is -0.897. The number of hydrogen-bond donors (Lipinski definition) is 2. The van der Waals surface area contributed by atoms with Gasteiger partial charge < -0.3 is 10.1 Å². The molecular weight excluding hydrogens is 362 g/mol. The number of urea groups is 1. The summed E-state index contributed by atoms with van der Waals surface area (Å²) in [6.45, 7) is 2.03. The zero-order valence-corrected chi connectivity index (χ0v) is 14.5. The van der Waals surface area contributed by atoms with Crippen molar-refractivity contribution in [1.29, 1.82) is 0 Å². The first kappa shape index (κ1) is 19.2. The molecule has 1 atom stereocenters. The van der Waals surface area contributed by atoms with Crippen LogP contribution < -0.4 is 15.4 Å². The highest BCUT2D eigenvalue weighted by atomic mass is 35.5. The predicted octanol–water partition coefficient (Wildman–Crippen LogP) is 3.21. The van der Waals surface area contributed by atoms with Gasteiger partial charge in [0, 0.05) is 23.2 Å². The second-order valence-corrected chi connectivity index (χ2v) is 5.56. The summed E-state index contributed by atoms with van der Waals surface area (Å²) in [7, 11) is 0. The van der Waals surface area contributed by atoms with E-state index in [2.05, 4.69) is 10.6 Å². The van der Waals surface area contributed by atoms with Gasteiger partial charge in [-0.05, 0) is 19.1 Å².